The van der Waals surface area contributed by atoms with Gasteiger partial charge >= 0.3 is 0 Å². The largest absolute Gasteiger partial charge is 0.506 e. The normalized spacial score (nSPS) is 18.4. The maximum atomic E-state index is 10.6. The van der Waals surface area contributed by atoms with Gasteiger partial charge in [0.2, 0.25) is 0 Å². The van der Waals surface area contributed by atoms with E-state index in [9.17, 15) is 5.11 Å². The summed E-state index contributed by atoms with van der Waals surface area (Å²) in [4.78, 5) is 10.8. The Bertz CT molecular complexity index is 1180. The van der Waals surface area contributed by atoms with Crippen LogP contribution >= 0.6 is 12.2 Å². The third kappa shape index (κ3) is 3.09. The van der Waals surface area contributed by atoms with Crippen LogP contribution in [0.2, 0.25) is 0 Å². The van der Waals surface area contributed by atoms with Gasteiger partial charge in [0.05, 0.1) is 29.3 Å². The van der Waals surface area contributed by atoms with Crippen molar-refractivity contribution in [3.8, 4) is 11.4 Å². The molecule has 0 aliphatic carbocycles. The predicted molar refractivity (Wildman–Crippen MR) is 120 cm³/mol. The Kier molecular flexibility index (Phi) is 4.65. The second-order valence-electron chi connectivity index (χ2n) is 7.00. The van der Waals surface area contributed by atoms with Crippen LogP contribution in [0.25, 0.3) is 5.69 Å². The number of thiocarbonyl (C=S) groups is 1. The average Bonchev–Trinajstić information content (AvgIpc) is 3.40. The summed E-state index contributed by atoms with van der Waals surface area (Å²) in [6.45, 7) is 0. The van der Waals surface area contributed by atoms with Crippen molar-refractivity contribution in [3.63, 3.8) is 0 Å². The zero-order valence-electron chi connectivity index (χ0n) is 16.0. The highest BCUT2D eigenvalue weighted by molar-refractivity contribution is 7.80. The first-order valence-corrected chi connectivity index (χ1v) is 10.0. The molecule has 0 bridgehead atoms. The minimum atomic E-state index is -0.226. The monoisotopic (exact) mass is 413 g/mol. The Morgan fingerprint density at radius 2 is 1.80 bits per heavy atom. The Hall–Kier alpha value is -3.71. The Morgan fingerprint density at radius 3 is 2.57 bits per heavy atom. The summed E-state index contributed by atoms with van der Waals surface area (Å²) >= 11 is 5.72. The summed E-state index contributed by atoms with van der Waals surface area (Å²) in [5.74, 6) is 0.174. The number of aromatic nitrogens is 3. The number of anilines is 1. The van der Waals surface area contributed by atoms with Crippen molar-refractivity contribution in [3.05, 3.63) is 103 Å². The zero-order valence-corrected chi connectivity index (χ0v) is 16.8. The number of hydrogen-bond acceptors (Lipinski definition) is 4. The lowest BCUT2D eigenvalue weighted by molar-refractivity contribution is 0.472. The van der Waals surface area contributed by atoms with Gasteiger partial charge in [-0.05, 0) is 60.7 Å². The van der Waals surface area contributed by atoms with Crippen molar-refractivity contribution in [2.45, 2.75) is 12.1 Å². The van der Waals surface area contributed by atoms with Gasteiger partial charge in [-0.25, -0.2) is 0 Å². The molecule has 5 rings (SSSR count). The van der Waals surface area contributed by atoms with Crippen LogP contribution in [0.3, 0.4) is 0 Å². The maximum Gasteiger partial charge on any atom is 0.174 e. The molecule has 148 valence electrons. The average molecular weight is 414 g/mol. The van der Waals surface area contributed by atoms with E-state index < -0.39 is 0 Å². The lowest BCUT2D eigenvalue weighted by atomic mass is 10.0. The molecule has 1 fully saturated rings. The molecule has 2 N–H and O–H groups in total. The number of nitrogens with zero attached hydrogens (tertiary/aromatic N) is 4. The number of aromatic hydroxyl groups is 1. The third-order valence-corrected chi connectivity index (χ3v) is 5.56. The van der Waals surface area contributed by atoms with Crippen LogP contribution in [0, 0.1) is 0 Å². The summed E-state index contributed by atoms with van der Waals surface area (Å²) in [6, 6.07) is 20.6. The minimum absolute atomic E-state index is 0.174. The van der Waals surface area contributed by atoms with Gasteiger partial charge in [-0.1, -0.05) is 18.2 Å². The van der Waals surface area contributed by atoms with Gasteiger partial charge in [-0.15, -0.1) is 0 Å². The van der Waals surface area contributed by atoms with E-state index in [1.165, 1.54) is 0 Å². The van der Waals surface area contributed by atoms with Crippen LogP contribution in [0.15, 0.2) is 91.5 Å². The standard InChI is InChI=1S/C23H19N5OS/c29-20-11-2-1-9-18(20)28-22(21(26-23(28)30)17-8-3-4-13-25-17)19-10-6-14-27(19)16-7-5-12-24-15-16/h1-15,21-22,29H,(H,26,30). The smallest absolute Gasteiger partial charge is 0.174 e. The summed E-state index contributed by atoms with van der Waals surface area (Å²) in [5.41, 5.74) is 3.49. The second kappa shape index (κ2) is 7.61. The number of rotatable bonds is 4. The SMILES string of the molecule is Oc1ccccc1N1C(=S)NC(c2ccccn2)C1c1cccn1-c1cccnc1. The molecular weight excluding hydrogens is 394 g/mol. The molecule has 1 aliphatic heterocycles. The van der Waals surface area contributed by atoms with Gasteiger partial charge in [0.15, 0.2) is 5.11 Å². The van der Waals surface area contributed by atoms with Gasteiger partial charge in [0.1, 0.15) is 11.8 Å². The number of benzene rings is 1. The molecule has 2 unspecified atom stereocenters. The number of hydrogen-bond donors (Lipinski definition) is 2. The van der Waals surface area contributed by atoms with E-state index in [2.05, 4.69) is 25.9 Å². The molecule has 0 saturated carbocycles. The molecule has 1 saturated heterocycles. The van der Waals surface area contributed by atoms with E-state index in [1.807, 2.05) is 65.8 Å². The quantitative estimate of drug-likeness (QED) is 0.490. The van der Waals surface area contributed by atoms with Crippen LogP contribution in [0.1, 0.15) is 23.5 Å². The highest BCUT2D eigenvalue weighted by atomic mass is 32.1. The van der Waals surface area contributed by atoms with Crippen molar-refractivity contribution in [1.82, 2.24) is 19.9 Å². The Morgan fingerprint density at radius 1 is 0.933 bits per heavy atom. The van der Waals surface area contributed by atoms with Crippen LogP contribution in [-0.2, 0) is 0 Å². The van der Waals surface area contributed by atoms with E-state index in [4.69, 9.17) is 12.2 Å². The molecule has 0 amide bonds. The topological polar surface area (TPSA) is 66.2 Å². The first kappa shape index (κ1) is 18.3. The molecule has 1 aromatic carbocycles. The highest BCUT2D eigenvalue weighted by Gasteiger charge is 2.42. The van der Waals surface area contributed by atoms with Gasteiger partial charge in [-0.3, -0.25) is 9.97 Å². The van der Waals surface area contributed by atoms with Crippen LogP contribution in [0.5, 0.6) is 5.75 Å². The van der Waals surface area contributed by atoms with Crippen molar-refractivity contribution in [2.75, 3.05) is 4.90 Å². The molecule has 0 radical (unpaired) electrons. The molecular formula is C23H19N5OS. The Labute approximate surface area is 179 Å². The predicted octanol–water partition coefficient (Wildman–Crippen LogP) is 4.15. The third-order valence-electron chi connectivity index (χ3n) is 5.25. The lowest BCUT2D eigenvalue weighted by Gasteiger charge is -2.29. The minimum Gasteiger partial charge on any atom is -0.506 e. The molecule has 2 atom stereocenters. The van der Waals surface area contributed by atoms with Crippen molar-refractivity contribution >= 4 is 23.0 Å². The highest BCUT2D eigenvalue weighted by Crippen LogP contribution is 2.44. The summed E-state index contributed by atoms with van der Waals surface area (Å²) in [5, 5.41) is 14.5. The molecule has 1 aliphatic rings. The summed E-state index contributed by atoms with van der Waals surface area (Å²) < 4.78 is 2.09. The van der Waals surface area contributed by atoms with E-state index in [-0.39, 0.29) is 17.8 Å². The van der Waals surface area contributed by atoms with Gasteiger partial charge in [-0.2, -0.15) is 0 Å². The molecule has 4 heterocycles. The fourth-order valence-corrected chi connectivity index (χ4v) is 4.29. The van der Waals surface area contributed by atoms with Crippen LogP contribution < -0.4 is 10.2 Å². The number of phenolic OH excluding ortho intramolecular Hbond substituents is 1. The fraction of sp³-hybridized carbons (Fsp3) is 0.0870. The second-order valence-corrected chi connectivity index (χ2v) is 7.39. The van der Waals surface area contributed by atoms with E-state index >= 15 is 0 Å². The molecule has 3 aromatic heterocycles. The van der Waals surface area contributed by atoms with Crippen molar-refractivity contribution in [2.24, 2.45) is 0 Å². The van der Waals surface area contributed by atoms with Gasteiger partial charge < -0.3 is 19.9 Å². The van der Waals surface area contributed by atoms with Crippen LogP contribution in [0.4, 0.5) is 5.69 Å². The molecule has 30 heavy (non-hydrogen) atoms. The summed E-state index contributed by atoms with van der Waals surface area (Å²) in [6.07, 6.45) is 7.36. The number of pyridine rings is 2. The zero-order chi connectivity index (χ0) is 20.5. The van der Waals surface area contributed by atoms with Crippen molar-refractivity contribution < 1.29 is 5.11 Å². The molecule has 6 nitrogen and oxygen atoms in total. The van der Waals surface area contributed by atoms with E-state index in [0.717, 1.165) is 17.1 Å². The van der Waals surface area contributed by atoms with E-state index in [1.54, 1.807) is 24.5 Å². The van der Waals surface area contributed by atoms with Gasteiger partial charge in [0, 0.05) is 24.3 Å². The molecule has 0 spiro atoms. The fourth-order valence-electron chi connectivity index (χ4n) is 3.95. The maximum absolute atomic E-state index is 10.6. The number of nitrogens with one attached hydrogen (secondary N) is 1. The van der Waals surface area contributed by atoms with E-state index in [0.29, 0.717) is 10.8 Å². The number of phenols is 1. The van der Waals surface area contributed by atoms with Crippen molar-refractivity contribution in [1.29, 1.82) is 0 Å². The first-order chi connectivity index (χ1) is 14.7. The van der Waals surface area contributed by atoms with Gasteiger partial charge in [0.25, 0.3) is 0 Å². The first-order valence-electron chi connectivity index (χ1n) is 9.60. The Balaban J connectivity index is 1.69. The summed E-state index contributed by atoms with van der Waals surface area (Å²) in [7, 11) is 0. The number of para-hydroxylation sites is 2. The van der Waals surface area contributed by atoms with Crippen LogP contribution in [-0.4, -0.2) is 24.8 Å². The lowest BCUT2D eigenvalue weighted by Crippen LogP contribution is -2.30. The molecule has 4 aromatic rings. The molecule has 7 heteroatoms.